The Hall–Kier alpha value is -1.40. The van der Waals surface area contributed by atoms with E-state index in [-0.39, 0.29) is 5.60 Å². The predicted molar refractivity (Wildman–Crippen MR) is 61.0 cm³/mol. The van der Waals surface area contributed by atoms with Crippen molar-refractivity contribution in [3.05, 3.63) is 12.4 Å². The molecular formula is C10H18N4O2. The molecule has 1 aromatic heterocycles. The van der Waals surface area contributed by atoms with Gasteiger partial charge in [-0.2, -0.15) is 4.98 Å². The minimum absolute atomic E-state index is 0.157. The van der Waals surface area contributed by atoms with E-state index in [0.717, 1.165) is 0 Å². The first kappa shape index (κ1) is 12.7. The number of nitrogens with one attached hydrogen (secondary N) is 1. The number of aromatic nitrogens is 2. The Kier molecular flexibility index (Phi) is 4.45. The Labute approximate surface area is 95.1 Å². The van der Waals surface area contributed by atoms with E-state index in [4.69, 9.17) is 15.3 Å². The van der Waals surface area contributed by atoms with E-state index in [0.29, 0.717) is 24.9 Å². The summed E-state index contributed by atoms with van der Waals surface area (Å²) in [5, 5.41) is 0. The van der Waals surface area contributed by atoms with Crippen LogP contribution in [0.4, 0.5) is 5.82 Å². The Morgan fingerprint density at radius 2 is 2.06 bits per heavy atom. The molecule has 0 aliphatic heterocycles. The lowest BCUT2D eigenvalue weighted by Crippen LogP contribution is -2.22. The summed E-state index contributed by atoms with van der Waals surface area (Å²) in [7, 11) is 0. The van der Waals surface area contributed by atoms with E-state index in [1.54, 1.807) is 0 Å². The van der Waals surface area contributed by atoms with Crippen molar-refractivity contribution in [1.29, 1.82) is 0 Å². The Bertz CT molecular complexity index is 325. The van der Waals surface area contributed by atoms with E-state index in [9.17, 15) is 0 Å². The number of nitrogens with zero attached hydrogens (tertiary/aromatic N) is 2. The Balaban J connectivity index is 2.32. The van der Waals surface area contributed by atoms with Gasteiger partial charge in [0.25, 0.3) is 0 Å². The zero-order valence-electron chi connectivity index (χ0n) is 9.86. The highest BCUT2D eigenvalue weighted by atomic mass is 16.5. The summed E-state index contributed by atoms with van der Waals surface area (Å²) in [6.45, 7) is 6.91. The number of hydrogen-bond donors (Lipinski definition) is 2. The average molecular weight is 226 g/mol. The summed E-state index contributed by atoms with van der Waals surface area (Å²) >= 11 is 0. The maximum atomic E-state index is 5.49. The highest BCUT2D eigenvalue weighted by Gasteiger charge is 2.09. The Morgan fingerprint density at radius 3 is 2.69 bits per heavy atom. The first-order chi connectivity index (χ1) is 7.51. The topological polar surface area (TPSA) is 82.3 Å². The SMILES string of the molecule is CC(C)(C)OCCOc1cncc(NN)n1. The van der Waals surface area contributed by atoms with E-state index in [1.165, 1.54) is 12.4 Å². The summed E-state index contributed by atoms with van der Waals surface area (Å²) < 4.78 is 10.8. The van der Waals surface area contributed by atoms with E-state index in [2.05, 4.69) is 15.4 Å². The fraction of sp³-hybridized carbons (Fsp3) is 0.600. The third-order valence-corrected chi connectivity index (χ3v) is 1.63. The van der Waals surface area contributed by atoms with Gasteiger partial charge in [-0.15, -0.1) is 0 Å². The normalized spacial score (nSPS) is 11.2. The minimum atomic E-state index is -0.157. The van der Waals surface area contributed by atoms with Crippen molar-refractivity contribution in [2.24, 2.45) is 5.84 Å². The van der Waals surface area contributed by atoms with Gasteiger partial charge in [0.15, 0.2) is 5.82 Å². The van der Waals surface area contributed by atoms with Gasteiger partial charge < -0.3 is 14.9 Å². The summed E-state index contributed by atoms with van der Waals surface area (Å²) in [5.74, 6) is 6.09. The van der Waals surface area contributed by atoms with Crippen LogP contribution in [-0.4, -0.2) is 28.8 Å². The van der Waals surface area contributed by atoms with Gasteiger partial charge in [0, 0.05) is 0 Å². The van der Waals surface area contributed by atoms with Crippen LogP contribution in [-0.2, 0) is 4.74 Å². The van der Waals surface area contributed by atoms with Crippen LogP contribution in [0.25, 0.3) is 0 Å². The predicted octanol–water partition coefficient (Wildman–Crippen LogP) is 0.956. The van der Waals surface area contributed by atoms with Crippen LogP contribution >= 0.6 is 0 Å². The molecule has 0 bridgehead atoms. The van der Waals surface area contributed by atoms with Gasteiger partial charge in [0.1, 0.15) is 6.61 Å². The van der Waals surface area contributed by atoms with Crippen molar-refractivity contribution in [1.82, 2.24) is 9.97 Å². The van der Waals surface area contributed by atoms with E-state index < -0.39 is 0 Å². The van der Waals surface area contributed by atoms with E-state index in [1.807, 2.05) is 20.8 Å². The van der Waals surface area contributed by atoms with Gasteiger partial charge in [-0.05, 0) is 20.8 Å². The highest BCUT2D eigenvalue weighted by Crippen LogP contribution is 2.09. The number of anilines is 1. The molecule has 0 radical (unpaired) electrons. The molecule has 0 saturated heterocycles. The second-order valence-corrected chi connectivity index (χ2v) is 4.20. The molecule has 1 heterocycles. The second kappa shape index (κ2) is 5.62. The van der Waals surface area contributed by atoms with Crippen molar-refractivity contribution in [2.75, 3.05) is 18.6 Å². The highest BCUT2D eigenvalue weighted by molar-refractivity contribution is 5.31. The number of nitrogen functional groups attached to an aromatic ring is 1. The zero-order valence-corrected chi connectivity index (χ0v) is 9.86. The maximum absolute atomic E-state index is 5.49. The van der Waals surface area contributed by atoms with Crippen LogP contribution in [0.2, 0.25) is 0 Å². The lowest BCUT2D eigenvalue weighted by Gasteiger charge is -2.19. The largest absolute Gasteiger partial charge is 0.474 e. The van der Waals surface area contributed by atoms with E-state index >= 15 is 0 Å². The van der Waals surface area contributed by atoms with Gasteiger partial charge in [-0.25, -0.2) is 5.84 Å². The second-order valence-electron chi connectivity index (χ2n) is 4.20. The van der Waals surface area contributed by atoms with Crippen LogP contribution in [0.5, 0.6) is 5.88 Å². The molecule has 0 fully saturated rings. The van der Waals surface area contributed by atoms with Crippen molar-refractivity contribution in [3.63, 3.8) is 0 Å². The van der Waals surface area contributed by atoms with Gasteiger partial charge in [-0.3, -0.25) is 4.98 Å². The fourth-order valence-electron chi connectivity index (χ4n) is 0.981. The first-order valence-electron chi connectivity index (χ1n) is 5.07. The molecule has 6 heteroatoms. The van der Waals surface area contributed by atoms with Gasteiger partial charge >= 0.3 is 0 Å². The van der Waals surface area contributed by atoms with Gasteiger partial charge in [-0.1, -0.05) is 0 Å². The summed E-state index contributed by atoms with van der Waals surface area (Å²) in [6, 6.07) is 0. The molecule has 0 spiro atoms. The van der Waals surface area contributed by atoms with Crippen molar-refractivity contribution in [2.45, 2.75) is 26.4 Å². The van der Waals surface area contributed by atoms with Crippen molar-refractivity contribution >= 4 is 5.82 Å². The summed E-state index contributed by atoms with van der Waals surface area (Å²) in [4.78, 5) is 7.96. The molecule has 1 rings (SSSR count). The van der Waals surface area contributed by atoms with Crippen LogP contribution in [0, 0.1) is 0 Å². The maximum Gasteiger partial charge on any atom is 0.234 e. The molecule has 0 atom stereocenters. The fourth-order valence-corrected chi connectivity index (χ4v) is 0.981. The molecule has 0 aromatic carbocycles. The Morgan fingerprint density at radius 1 is 1.31 bits per heavy atom. The number of ether oxygens (including phenoxy) is 2. The minimum Gasteiger partial charge on any atom is -0.474 e. The van der Waals surface area contributed by atoms with Crippen LogP contribution in [0.1, 0.15) is 20.8 Å². The zero-order chi connectivity index (χ0) is 12.0. The monoisotopic (exact) mass is 226 g/mol. The molecule has 90 valence electrons. The summed E-state index contributed by atoms with van der Waals surface area (Å²) in [6.07, 6.45) is 3.04. The third kappa shape index (κ3) is 4.90. The lowest BCUT2D eigenvalue weighted by atomic mass is 10.2. The lowest BCUT2D eigenvalue weighted by molar-refractivity contribution is -0.0168. The molecule has 16 heavy (non-hydrogen) atoms. The van der Waals surface area contributed by atoms with Crippen molar-refractivity contribution in [3.8, 4) is 5.88 Å². The third-order valence-electron chi connectivity index (χ3n) is 1.63. The number of hydrogen-bond acceptors (Lipinski definition) is 6. The average Bonchev–Trinajstić information content (AvgIpc) is 2.23. The van der Waals surface area contributed by atoms with Gasteiger partial charge in [0.2, 0.25) is 5.88 Å². The number of nitrogens with two attached hydrogens (primary N) is 1. The molecule has 1 aromatic rings. The number of hydrazine groups is 1. The molecule has 3 N–H and O–H groups in total. The molecule has 0 amide bonds. The smallest absolute Gasteiger partial charge is 0.234 e. The van der Waals surface area contributed by atoms with Crippen LogP contribution in [0.3, 0.4) is 0 Å². The molecule has 6 nitrogen and oxygen atoms in total. The summed E-state index contributed by atoms with van der Waals surface area (Å²) in [5.41, 5.74) is 2.24. The molecule has 0 saturated carbocycles. The quantitative estimate of drug-likeness (QED) is 0.442. The molecule has 0 unspecified atom stereocenters. The van der Waals surface area contributed by atoms with Gasteiger partial charge in [0.05, 0.1) is 24.6 Å². The molecular weight excluding hydrogens is 208 g/mol. The first-order valence-corrected chi connectivity index (χ1v) is 5.07. The standard InChI is InChI=1S/C10H18N4O2/c1-10(2,3)16-5-4-15-9-7-12-6-8(13-9)14-11/h6-7H,4-5,11H2,1-3H3,(H,13,14). The van der Waals surface area contributed by atoms with Crippen LogP contribution in [0.15, 0.2) is 12.4 Å². The molecule has 0 aliphatic carbocycles. The molecule has 0 aliphatic rings. The van der Waals surface area contributed by atoms with Crippen molar-refractivity contribution < 1.29 is 9.47 Å². The number of rotatable bonds is 5. The van der Waals surface area contributed by atoms with Crippen LogP contribution < -0.4 is 16.0 Å².